The van der Waals surface area contributed by atoms with Gasteiger partial charge >= 0.3 is 0 Å². The maximum atomic E-state index is 12.6. The van der Waals surface area contributed by atoms with Gasteiger partial charge in [-0.25, -0.2) is 4.98 Å². The van der Waals surface area contributed by atoms with Crippen LogP contribution in [0.15, 0.2) is 11.0 Å². The number of hydrogen-bond donors (Lipinski definition) is 1. The molecule has 0 aliphatic heterocycles. The van der Waals surface area contributed by atoms with Crippen molar-refractivity contribution >= 4 is 22.2 Å². The zero-order valence-electron chi connectivity index (χ0n) is 13.1. The highest BCUT2D eigenvalue weighted by Crippen LogP contribution is 2.18. The summed E-state index contributed by atoms with van der Waals surface area (Å²) in [6.07, 6.45) is 3.12. The molecule has 0 fully saturated rings. The Hall–Kier alpha value is -1.73. The number of aryl methyl sites for hydroxylation is 2. The molecule has 120 valence electrons. The van der Waals surface area contributed by atoms with Gasteiger partial charge in [0.15, 0.2) is 4.96 Å². The highest BCUT2D eigenvalue weighted by atomic mass is 32.1. The van der Waals surface area contributed by atoms with E-state index in [4.69, 9.17) is 5.11 Å². The summed E-state index contributed by atoms with van der Waals surface area (Å²) in [4.78, 5) is 32.6. The zero-order valence-corrected chi connectivity index (χ0v) is 13.9. The van der Waals surface area contributed by atoms with E-state index < -0.39 is 0 Å². The van der Waals surface area contributed by atoms with Crippen LogP contribution in [0.1, 0.15) is 40.7 Å². The van der Waals surface area contributed by atoms with Crippen LogP contribution in [-0.2, 0) is 0 Å². The summed E-state index contributed by atoms with van der Waals surface area (Å²) < 4.78 is 1.49. The highest BCUT2D eigenvalue weighted by molar-refractivity contribution is 7.17. The molecule has 7 heteroatoms. The smallest absolute Gasteiger partial charge is 0.271 e. The Morgan fingerprint density at radius 1 is 1.41 bits per heavy atom. The van der Waals surface area contributed by atoms with Crippen LogP contribution in [0.2, 0.25) is 0 Å². The SMILES string of the molecule is CCCCN(CCO)C(=O)c1cnc2sc(C)c(C)n2c1=O. The first-order valence-electron chi connectivity index (χ1n) is 7.39. The van der Waals surface area contributed by atoms with Crippen LogP contribution in [0.3, 0.4) is 0 Å². The fraction of sp³-hybridized carbons (Fsp3) is 0.533. The minimum absolute atomic E-state index is 0.0583. The van der Waals surface area contributed by atoms with E-state index in [2.05, 4.69) is 4.98 Å². The third kappa shape index (κ3) is 3.05. The summed E-state index contributed by atoms with van der Waals surface area (Å²) in [5.74, 6) is -0.363. The predicted molar refractivity (Wildman–Crippen MR) is 86.7 cm³/mol. The predicted octanol–water partition coefficient (Wildman–Crippen LogP) is 1.61. The van der Waals surface area contributed by atoms with Crippen molar-refractivity contribution in [3.63, 3.8) is 0 Å². The molecule has 0 bridgehead atoms. The van der Waals surface area contributed by atoms with E-state index in [1.807, 2.05) is 20.8 Å². The number of fused-ring (bicyclic) bond motifs is 1. The normalized spacial score (nSPS) is 11.1. The molecular formula is C15H21N3O3S. The molecule has 1 amide bonds. The molecule has 22 heavy (non-hydrogen) atoms. The summed E-state index contributed by atoms with van der Waals surface area (Å²) in [7, 11) is 0. The van der Waals surface area contributed by atoms with Gasteiger partial charge in [0.05, 0.1) is 6.61 Å². The Morgan fingerprint density at radius 2 is 2.14 bits per heavy atom. The standard InChI is InChI=1S/C15H21N3O3S/c1-4-5-6-17(7-8-19)13(20)12-9-16-15-18(14(12)21)10(2)11(3)22-15/h9,19H,4-8H2,1-3H3. The third-order valence-electron chi connectivity index (χ3n) is 3.69. The maximum Gasteiger partial charge on any atom is 0.271 e. The fourth-order valence-electron chi connectivity index (χ4n) is 2.28. The number of nitrogens with zero attached hydrogens (tertiary/aromatic N) is 3. The average Bonchev–Trinajstić information content (AvgIpc) is 2.79. The van der Waals surface area contributed by atoms with Crippen LogP contribution in [0.4, 0.5) is 0 Å². The number of carbonyl (C=O) groups is 1. The monoisotopic (exact) mass is 323 g/mol. The molecule has 2 aromatic rings. The summed E-state index contributed by atoms with van der Waals surface area (Å²) >= 11 is 1.43. The molecule has 0 spiro atoms. The molecule has 6 nitrogen and oxygen atoms in total. The van der Waals surface area contributed by atoms with Crippen molar-refractivity contribution in [1.82, 2.24) is 14.3 Å². The van der Waals surface area contributed by atoms with Gasteiger partial charge in [-0.3, -0.25) is 14.0 Å². The topological polar surface area (TPSA) is 74.9 Å². The number of amides is 1. The second-order valence-corrected chi connectivity index (χ2v) is 6.39. The van der Waals surface area contributed by atoms with Gasteiger partial charge in [0.1, 0.15) is 5.56 Å². The number of unbranched alkanes of at least 4 members (excludes halogenated alkanes) is 1. The quantitative estimate of drug-likeness (QED) is 0.876. The minimum Gasteiger partial charge on any atom is -0.395 e. The van der Waals surface area contributed by atoms with Gasteiger partial charge in [0.25, 0.3) is 11.5 Å². The molecule has 1 N–H and O–H groups in total. The molecule has 0 atom stereocenters. The molecule has 0 unspecified atom stereocenters. The van der Waals surface area contributed by atoms with Crippen LogP contribution in [0.5, 0.6) is 0 Å². The van der Waals surface area contributed by atoms with Crippen molar-refractivity contribution in [2.24, 2.45) is 0 Å². The van der Waals surface area contributed by atoms with Crippen molar-refractivity contribution < 1.29 is 9.90 Å². The van der Waals surface area contributed by atoms with Gasteiger partial charge in [-0.05, 0) is 20.3 Å². The number of aliphatic hydroxyl groups is 1. The van der Waals surface area contributed by atoms with Gasteiger partial charge in [-0.2, -0.15) is 0 Å². The van der Waals surface area contributed by atoms with Gasteiger partial charge < -0.3 is 10.0 Å². The summed E-state index contributed by atoms with van der Waals surface area (Å²) in [6, 6.07) is 0. The molecule has 2 aromatic heterocycles. The second kappa shape index (κ2) is 7.02. The number of hydrogen-bond acceptors (Lipinski definition) is 5. The van der Waals surface area contributed by atoms with Crippen LogP contribution < -0.4 is 5.56 Å². The average molecular weight is 323 g/mol. The van der Waals surface area contributed by atoms with Crippen LogP contribution in [-0.4, -0.2) is 45.0 Å². The van der Waals surface area contributed by atoms with E-state index in [0.29, 0.717) is 11.5 Å². The first kappa shape index (κ1) is 16.6. The largest absolute Gasteiger partial charge is 0.395 e. The number of carbonyl (C=O) groups excluding carboxylic acids is 1. The van der Waals surface area contributed by atoms with E-state index in [0.717, 1.165) is 23.4 Å². The molecule has 0 aliphatic rings. The second-order valence-electron chi connectivity index (χ2n) is 5.21. The highest BCUT2D eigenvalue weighted by Gasteiger charge is 2.21. The molecule has 0 saturated carbocycles. The third-order valence-corrected chi connectivity index (χ3v) is 4.76. The van der Waals surface area contributed by atoms with E-state index in [9.17, 15) is 9.59 Å². The molecule has 0 radical (unpaired) electrons. The Labute approximate surface area is 133 Å². The number of aliphatic hydroxyl groups excluding tert-OH is 1. The number of thiazole rings is 1. The molecule has 2 heterocycles. The lowest BCUT2D eigenvalue weighted by molar-refractivity contribution is 0.0717. The Bertz CT molecular complexity index is 735. The van der Waals surface area contributed by atoms with E-state index in [1.165, 1.54) is 26.8 Å². The fourth-order valence-corrected chi connectivity index (χ4v) is 3.21. The van der Waals surface area contributed by atoms with Crippen molar-refractivity contribution in [2.75, 3.05) is 19.7 Å². The van der Waals surface area contributed by atoms with Crippen LogP contribution in [0, 0.1) is 13.8 Å². The lowest BCUT2D eigenvalue weighted by Gasteiger charge is -2.21. The summed E-state index contributed by atoms with van der Waals surface area (Å²) in [5.41, 5.74) is 0.536. The number of aromatic nitrogens is 2. The van der Waals surface area contributed by atoms with E-state index in [-0.39, 0.29) is 30.2 Å². The summed E-state index contributed by atoms with van der Waals surface area (Å²) in [5, 5.41) is 9.13. The number of rotatable bonds is 6. The Balaban J connectivity index is 2.44. The van der Waals surface area contributed by atoms with Crippen molar-refractivity contribution in [3.8, 4) is 0 Å². The lowest BCUT2D eigenvalue weighted by atomic mass is 10.2. The maximum absolute atomic E-state index is 12.6. The van der Waals surface area contributed by atoms with Crippen LogP contribution in [0.25, 0.3) is 4.96 Å². The minimum atomic E-state index is -0.363. The summed E-state index contributed by atoms with van der Waals surface area (Å²) in [6.45, 7) is 6.43. The van der Waals surface area contributed by atoms with Crippen molar-refractivity contribution in [1.29, 1.82) is 0 Å². The molecule has 0 saturated heterocycles. The Kier molecular flexibility index (Phi) is 5.31. The lowest BCUT2D eigenvalue weighted by Crippen LogP contribution is -2.38. The van der Waals surface area contributed by atoms with E-state index in [1.54, 1.807) is 0 Å². The van der Waals surface area contributed by atoms with Gasteiger partial charge in [0.2, 0.25) is 0 Å². The van der Waals surface area contributed by atoms with Gasteiger partial charge in [-0.1, -0.05) is 13.3 Å². The molecule has 2 rings (SSSR count). The first-order valence-corrected chi connectivity index (χ1v) is 8.20. The zero-order chi connectivity index (χ0) is 16.3. The van der Waals surface area contributed by atoms with Gasteiger partial charge in [-0.15, -0.1) is 11.3 Å². The van der Waals surface area contributed by atoms with Crippen molar-refractivity contribution in [3.05, 3.63) is 32.7 Å². The molecule has 0 aliphatic carbocycles. The van der Waals surface area contributed by atoms with Crippen molar-refractivity contribution in [2.45, 2.75) is 33.6 Å². The van der Waals surface area contributed by atoms with E-state index >= 15 is 0 Å². The first-order chi connectivity index (χ1) is 10.5. The molecule has 0 aromatic carbocycles. The van der Waals surface area contributed by atoms with Gasteiger partial charge in [0, 0.05) is 29.9 Å². The molecular weight excluding hydrogens is 302 g/mol. The Morgan fingerprint density at radius 3 is 2.77 bits per heavy atom. The van der Waals surface area contributed by atoms with Crippen LogP contribution >= 0.6 is 11.3 Å².